The van der Waals surface area contributed by atoms with Crippen LogP contribution in [0.5, 0.6) is 0 Å². The normalized spacial score (nSPS) is 11.7. The van der Waals surface area contributed by atoms with Crippen LogP contribution in [0.1, 0.15) is 42.6 Å². The summed E-state index contributed by atoms with van der Waals surface area (Å²) in [4.78, 5) is 11.8. The molecule has 0 bridgehead atoms. The van der Waals surface area contributed by atoms with Crippen LogP contribution in [0.3, 0.4) is 0 Å². The van der Waals surface area contributed by atoms with Crippen molar-refractivity contribution in [3.05, 3.63) is 29.1 Å². The maximum atomic E-state index is 13.8. The molecule has 0 unspecified atom stereocenters. The van der Waals surface area contributed by atoms with Crippen molar-refractivity contribution in [3.63, 3.8) is 0 Å². The first-order valence-corrected chi connectivity index (χ1v) is 7.89. The molecule has 0 saturated carbocycles. The third kappa shape index (κ3) is 3.77. The number of rotatable bonds is 5. The maximum Gasteiger partial charge on any atom is 0.254 e. The number of benzene rings is 1. The average Bonchev–Trinajstić information content (AvgIpc) is 2.33. The Morgan fingerprint density at radius 3 is 2.35 bits per heavy atom. The average molecular weight is 302 g/mol. The first kappa shape index (κ1) is 16.6. The van der Waals surface area contributed by atoms with Crippen LogP contribution in [-0.4, -0.2) is 20.4 Å². The van der Waals surface area contributed by atoms with E-state index in [2.05, 4.69) is 5.32 Å². The van der Waals surface area contributed by atoms with Crippen molar-refractivity contribution in [2.45, 2.75) is 44.6 Å². The fraction of sp³-hybridized carbons (Fsp3) is 0.462. The van der Waals surface area contributed by atoms with Crippen molar-refractivity contribution in [3.8, 4) is 0 Å². The zero-order valence-electron chi connectivity index (χ0n) is 11.7. The van der Waals surface area contributed by atoms with E-state index in [4.69, 9.17) is 5.14 Å². The third-order valence-electron chi connectivity index (χ3n) is 3.14. The molecule has 20 heavy (non-hydrogen) atoms. The Kier molecular flexibility index (Phi) is 5.24. The minimum absolute atomic E-state index is 0.0823. The molecule has 0 aliphatic heterocycles. The molecule has 0 fully saturated rings. The SMILES string of the molecule is CCC(CC)NC(=O)c1cc(S(N)(=O)=O)c(C)cc1F. The quantitative estimate of drug-likeness (QED) is 0.867. The second kappa shape index (κ2) is 6.32. The van der Waals surface area contributed by atoms with Gasteiger partial charge in [0, 0.05) is 6.04 Å². The second-order valence-electron chi connectivity index (χ2n) is 4.63. The maximum absolute atomic E-state index is 13.8. The van der Waals surface area contributed by atoms with Crippen LogP contribution in [0, 0.1) is 12.7 Å². The largest absolute Gasteiger partial charge is 0.349 e. The minimum atomic E-state index is -3.99. The molecular formula is C13H19FN2O3S. The van der Waals surface area contributed by atoms with Gasteiger partial charge in [-0.15, -0.1) is 0 Å². The highest BCUT2D eigenvalue weighted by Gasteiger charge is 2.20. The zero-order valence-corrected chi connectivity index (χ0v) is 12.6. The van der Waals surface area contributed by atoms with Gasteiger partial charge in [0.05, 0.1) is 10.5 Å². The number of carbonyl (C=O) groups excluding carboxylic acids is 1. The number of hydrogen-bond donors (Lipinski definition) is 2. The molecule has 0 aromatic heterocycles. The van der Waals surface area contributed by atoms with Gasteiger partial charge in [-0.1, -0.05) is 13.8 Å². The molecule has 0 heterocycles. The first-order chi connectivity index (χ1) is 9.20. The van der Waals surface area contributed by atoms with E-state index in [0.717, 1.165) is 12.1 Å². The summed E-state index contributed by atoms with van der Waals surface area (Å²) in [5.74, 6) is -1.40. The number of primary sulfonamides is 1. The van der Waals surface area contributed by atoms with E-state index < -0.39 is 21.7 Å². The van der Waals surface area contributed by atoms with Crippen molar-refractivity contribution in [1.29, 1.82) is 0 Å². The molecule has 5 nitrogen and oxygen atoms in total. The van der Waals surface area contributed by atoms with Crippen LogP contribution in [0.2, 0.25) is 0 Å². The van der Waals surface area contributed by atoms with Crippen molar-refractivity contribution < 1.29 is 17.6 Å². The molecule has 3 N–H and O–H groups in total. The molecular weight excluding hydrogens is 283 g/mol. The number of amides is 1. The van der Waals surface area contributed by atoms with Crippen molar-refractivity contribution in [2.24, 2.45) is 5.14 Å². The lowest BCUT2D eigenvalue weighted by Gasteiger charge is -2.15. The monoisotopic (exact) mass is 302 g/mol. The van der Waals surface area contributed by atoms with E-state index >= 15 is 0 Å². The third-order valence-corrected chi connectivity index (χ3v) is 4.19. The van der Waals surface area contributed by atoms with E-state index in [0.29, 0.717) is 12.8 Å². The Hall–Kier alpha value is -1.47. The highest BCUT2D eigenvalue weighted by Crippen LogP contribution is 2.19. The molecule has 0 spiro atoms. The minimum Gasteiger partial charge on any atom is -0.349 e. The molecule has 1 aromatic carbocycles. The molecule has 1 amide bonds. The Labute approximate surface area is 118 Å². The first-order valence-electron chi connectivity index (χ1n) is 6.34. The fourth-order valence-electron chi connectivity index (χ4n) is 1.89. The second-order valence-corrected chi connectivity index (χ2v) is 6.16. The van der Waals surface area contributed by atoms with Crippen LogP contribution in [0.15, 0.2) is 17.0 Å². The number of sulfonamides is 1. The van der Waals surface area contributed by atoms with Gasteiger partial charge in [0.2, 0.25) is 10.0 Å². The number of nitrogens with one attached hydrogen (secondary N) is 1. The van der Waals surface area contributed by atoms with E-state index in [9.17, 15) is 17.6 Å². The highest BCUT2D eigenvalue weighted by molar-refractivity contribution is 7.89. The summed E-state index contributed by atoms with van der Waals surface area (Å²) in [6.45, 7) is 5.22. The molecule has 7 heteroatoms. The molecule has 112 valence electrons. The van der Waals surface area contributed by atoms with Gasteiger partial charge < -0.3 is 5.32 Å². The standard InChI is InChI=1S/C13H19FN2O3S/c1-4-9(5-2)16-13(17)10-7-12(20(15,18)19)8(3)6-11(10)14/h6-7,9H,4-5H2,1-3H3,(H,16,17)(H2,15,18,19). The number of carbonyl (C=O) groups is 1. The number of aryl methyl sites for hydroxylation is 1. The lowest BCUT2D eigenvalue weighted by molar-refractivity contribution is 0.0930. The Morgan fingerprint density at radius 2 is 1.90 bits per heavy atom. The van der Waals surface area contributed by atoms with E-state index in [1.54, 1.807) is 0 Å². The molecule has 1 rings (SSSR count). The van der Waals surface area contributed by atoms with E-state index in [1.807, 2.05) is 13.8 Å². The Bertz CT molecular complexity index is 610. The van der Waals surface area contributed by atoms with Gasteiger partial charge >= 0.3 is 0 Å². The molecule has 0 saturated heterocycles. The van der Waals surface area contributed by atoms with Crippen LogP contribution >= 0.6 is 0 Å². The van der Waals surface area contributed by atoms with Crippen molar-refractivity contribution in [1.82, 2.24) is 5.32 Å². The summed E-state index contributed by atoms with van der Waals surface area (Å²) in [5.41, 5.74) is -0.143. The lowest BCUT2D eigenvalue weighted by Crippen LogP contribution is -2.34. The summed E-state index contributed by atoms with van der Waals surface area (Å²) >= 11 is 0. The highest BCUT2D eigenvalue weighted by atomic mass is 32.2. The van der Waals surface area contributed by atoms with Crippen molar-refractivity contribution >= 4 is 15.9 Å². The Balaban J connectivity index is 3.22. The summed E-state index contributed by atoms with van der Waals surface area (Å²) < 4.78 is 36.6. The van der Waals surface area contributed by atoms with Crippen molar-refractivity contribution in [2.75, 3.05) is 0 Å². The van der Waals surface area contributed by atoms with Gasteiger partial charge in [-0.2, -0.15) is 0 Å². The lowest BCUT2D eigenvalue weighted by atomic mass is 10.1. The number of hydrogen-bond acceptors (Lipinski definition) is 3. The summed E-state index contributed by atoms with van der Waals surface area (Å²) in [6, 6.07) is 1.90. The van der Waals surface area contributed by atoms with Crippen LogP contribution in [0.25, 0.3) is 0 Å². The smallest absolute Gasteiger partial charge is 0.254 e. The van der Waals surface area contributed by atoms with E-state index in [1.165, 1.54) is 6.92 Å². The fourth-order valence-corrected chi connectivity index (χ4v) is 2.68. The van der Waals surface area contributed by atoms with Gasteiger partial charge in [-0.3, -0.25) is 4.79 Å². The molecule has 0 aliphatic rings. The predicted molar refractivity (Wildman–Crippen MR) is 74.3 cm³/mol. The molecule has 0 radical (unpaired) electrons. The van der Waals surface area contributed by atoms with Crippen LogP contribution in [-0.2, 0) is 10.0 Å². The molecule has 0 aliphatic carbocycles. The van der Waals surface area contributed by atoms with Crippen LogP contribution in [0.4, 0.5) is 4.39 Å². The molecule has 0 atom stereocenters. The summed E-state index contributed by atoms with van der Waals surface area (Å²) in [6.07, 6.45) is 1.41. The molecule has 1 aromatic rings. The summed E-state index contributed by atoms with van der Waals surface area (Å²) in [7, 11) is -3.99. The van der Waals surface area contributed by atoms with Gasteiger partial charge in [0.25, 0.3) is 5.91 Å². The summed E-state index contributed by atoms with van der Waals surface area (Å²) in [5, 5.41) is 7.71. The van der Waals surface area contributed by atoms with Gasteiger partial charge in [0.15, 0.2) is 0 Å². The van der Waals surface area contributed by atoms with Gasteiger partial charge in [0.1, 0.15) is 5.82 Å². The van der Waals surface area contributed by atoms with E-state index in [-0.39, 0.29) is 22.1 Å². The topological polar surface area (TPSA) is 89.3 Å². The zero-order chi connectivity index (χ0) is 15.5. The Morgan fingerprint density at radius 1 is 1.35 bits per heavy atom. The number of halogens is 1. The van der Waals surface area contributed by atoms with Crippen LogP contribution < -0.4 is 10.5 Å². The van der Waals surface area contributed by atoms with Gasteiger partial charge in [-0.25, -0.2) is 17.9 Å². The van der Waals surface area contributed by atoms with Gasteiger partial charge in [-0.05, 0) is 37.5 Å². The number of nitrogens with two attached hydrogens (primary N) is 1. The predicted octanol–water partition coefficient (Wildman–Crippen LogP) is 1.70.